The van der Waals surface area contributed by atoms with Gasteiger partial charge in [0.15, 0.2) is 0 Å². The average molecular weight is 305 g/mol. The number of aliphatic hydroxyl groups excluding tert-OH is 1. The fourth-order valence-electron chi connectivity index (χ4n) is 3.21. The molecule has 1 aromatic rings. The molecule has 1 heterocycles. The van der Waals surface area contributed by atoms with E-state index in [0.29, 0.717) is 12.6 Å². The van der Waals surface area contributed by atoms with E-state index < -0.39 is 0 Å². The van der Waals surface area contributed by atoms with Gasteiger partial charge in [-0.3, -0.25) is 0 Å². The molecule has 1 saturated carbocycles. The van der Waals surface area contributed by atoms with Gasteiger partial charge >= 0.3 is 0 Å². The van der Waals surface area contributed by atoms with E-state index in [1.54, 1.807) is 0 Å². The van der Waals surface area contributed by atoms with Crippen LogP contribution in [0.15, 0.2) is 24.3 Å². The van der Waals surface area contributed by atoms with Gasteiger partial charge in [-0.1, -0.05) is 12.1 Å². The Balaban J connectivity index is 1.39. The second-order valence-corrected chi connectivity index (χ2v) is 6.48. The minimum absolute atomic E-state index is 0.0849. The highest BCUT2D eigenvalue weighted by molar-refractivity contribution is 5.27. The molecule has 1 saturated heterocycles. The maximum atomic E-state index is 9.52. The predicted octanol–water partition coefficient (Wildman–Crippen LogP) is 2.64. The first-order chi connectivity index (χ1) is 10.8. The standard InChI is InChI=1S/C18H27NO3/c20-16-7-5-15(6-8-16)19-12-14-3-9-17(10-4-14)22-13-18-2-1-11-21-18/h3-4,9-10,15-16,18-20H,1-2,5-8,11-13H2. The van der Waals surface area contributed by atoms with Crippen molar-refractivity contribution >= 4 is 0 Å². The summed E-state index contributed by atoms with van der Waals surface area (Å²) in [6.45, 7) is 2.41. The van der Waals surface area contributed by atoms with Gasteiger partial charge in [0.2, 0.25) is 0 Å². The Kier molecular flexibility index (Phi) is 5.70. The van der Waals surface area contributed by atoms with Crippen molar-refractivity contribution in [3.8, 4) is 5.75 Å². The molecule has 0 amide bonds. The number of hydrogen-bond donors (Lipinski definition) is 2. The molecular weight excluding hydrogens is 278 g/mol. The third-order valence-corrected chi connectivity index (χ3v) is 4.67. The number of aliphatic hydroxyl groups is 1. The lowest BCUT2D eigenvalue weighted by atomic mass is 9.93. The first-order valence-electron chi connectivity index (χ1n) is 8.54. The quantitative estimate of drug-likeness (QED) is 0.848. The van der Waals surface area contributed by atoms with E-state index in [0.717, 1.165) is 57.4 Å². The number of rotatable bonds is 6. The molecular formula is C18H27NO3. The van der Waals surface area contributed by atoms with Crippen LogP contribution in [-0.2, 0) is 11.3 Å². The molecule has 4 nitrogen and oxygen atoms in total. The summed E-state index contributed by atoms with van der Waals surface area (Å²) in [5.74, 6) is 0.917. The highest BCUT2D eigenvalue weighted by Gasteiger charge is 2.18. The second-order valence-electron chi connectivity index (χ2n) is 6.48. The van der Waals surface area contributed by atoms with Crippen molar-refractivity contribution in [3.05, 3.63) is 29.8 Å². The smallest absolute Gasteiger partial charge is 0.119 e. The fraction of sp³-hybridized carbons (Fsp3) is 0.667. The van der Waals surface area contributed by atoms with Crippen molar-refractivity contribution in [2.75, 3.05) is 13.2 Å². The zero-order valence-corrected chi connectivity index (χ0v) is 13.2. The van der Waals surface area contributed by atoms with Gasteiger partial charge in [0.25, 0.3) is 0 Å². The topological polar surface area (TPSA) is 50.7 Å². The molecule has 2 fully saturated rings. The molecule has 1 aromatic carbocycles. The lowest BCUT2D eigenvalue weighted by molar-refractivity contribution is 0.0679. The molecule has 0 spiro atoms. The van der Waals surface area contributed by atoms with Crippen molar-refractivity contribution in [1.82, 2.24) is 5.32 Å². The molecule has 2 aliphatic rings. The van der Waals surface area contributed by atoms with Crippen molar-refractivity contribution in [3.63, 3.8) is 0 Å². The zero-order valence-electron chi connectivity index (χ0n) is 13.2. The van der Waals surface area contributed by atoms with Crippen molar-refractivity contribution in [2.24, 2.45) is 0 Å². The van der Waals surface area contributed by atoms with E-state index >= 15 is 0 Å². The predicted molar refractivity (Wildman–Crippen MR) is 86.0 cm³/mol. The minimum Gasteiger partial charge on any atom is -0.491 e. The molecule has 4 heteroatoms. The molecule has 22 heavy (non-hydrogen) atoms. The molecule has 1 aliphatic carbocycles. The Morgan fingerprint density at radius 2 is 1.86 bits per heavy atom. The maximum Gasteiger partial charge on any atom is 0.119 e. The van der Waals surface area contributed by atoms with Gasteiger partial charge in [0, 0.05) is 19.2 Å². The molecule has 122 valence electrons. The van der Waals surface area contributed by atoms with Crippen LogP contribution in [0.1, 0.15) is 44.1 Å². The molecule has 0 aromatic heterocycles. The van der Waals surface area contributed by atoms with Crippen LogP contribution in [0.2, 0.25) is 0 Å². The summed E-state index contributed by atoms with van der Waals surface area (Å²) in [7, 11) is 0. The lowest BCUT2D eigenvalue weighted by Crippen LogP contribution is -2.34. The number of hydrogen-bond acceptors (Lipinski definition) is 4. The summed E-state index contributed by atoms with van der Waals surface area (Å²) in [5, 5.41) is 13.1. The first-order valence-corrected chi connectivity index (χ1v) is 8.54. The summed E-state index contributed by atoms with van der Waals surface area (Å²) in [6.07, 6.45) is 6.44. The van der Waals surface area contributed by atoms with Crippen molar-refractivity contribution < 1.29 is 14.6 Å². The van der Waals surface area contributed by atoms with Crippen LogP contribution >= 0.6 is 0 Å². The van der Waals surface area contributed by atoms with Gasteiger partial charge in [-0.25, -0.2) is 0 Å². The van der Waals surface area contributed by atoms with E-state index in [-0.39, 0.29) is 12.2 Å². The number of ether oxygens (including phenoxy) is 2. The van der Waals surface area contributed by atoms with E-state index in [9.17, 15) is 5.11 Å². The highest BCUT2D eigenvalue weighted by atomic mass is 16.5. The van der Waals surface area contributed by atoms with Crippen LogP contribution in [-0.4, -0.2) is 36.6 Å². The third-order valence-electron chi connectivity index (χ3n) is 4.67. The van der Waals surface area contributed by atoms with Crippen LogP contribution in [0.4, 0.5) is 0 Å². The maximum absolute atomic E-state index is 9.52. The largest absolute Gasteiger partial charge is 0.491 e. The average Bonchev–Trinajstić information content (AvgIpc) is 3.07. The van der Waals surface area contributed by atoms with Crippen LogP contribution in [0.25, 0.3) is 0 Å². The molecule has 0 radical (unpaired) electrons. The van der Waals surface area contributed by atoms with Crippen LogP contribution in [0, 0.1) is 0 Å². The van der Waals surface area contributed by atoms with Crippen LogP contribution < -0.4 is 10.1 Å². The van der Waals surface area contributed by atoms with Crippen LogP contribution in [0.3, 0.4) is 0 Å². The summed E-state index contributed by atoms with van der Waals surface area (Å²) in [5.41, 5.74) is 1.27. The molecule has 1 aliphatic heterocycles. The second kappa shape index (κ2) is 7.95. The Bertz CT molecular complexity index is 434. The van der Waals surface area contributed by atoms with Gasteiger partial charge < -0.3 is 19.9 Å². The Morgan fingerprint density at radius 1 is 1.09 bits per heavy atom. The van der Waals surface area contributed by atoms with Crippen molar-refractivity contribution in [1.29, 1.82) is 0 Å². The monoisotopic (exact) mass is 305 g/mol. The van der Waals surface area contributed by atoms with E-state index in [1.807, 2.05) is 12.1 Å². The van der Waals surface area contributed by atoms with E-state index in [2.05, 4.69) is 17.4 Å². The Hall–Kier alpha value is -1.10. The molecule has 3 rings (SSSR count). The fourth-order valence-corrected chi connectivity index (χ4v) is 3.21. The van der Waals surface area contributed by atoms with Gasteiger partial charge in [-0.2, -0.15) is 0 Å². The molecule has 1 unspecified atom stereocenters. The summed E-state index contributed by atoms with van der Waals surface area (Å²) < 4.78 is 11.3. The van der Waals surface area contributed by atoms with Gasteiger partial charge in [0.1, 0.15) is 12.4 Å². The minimum atomic E-state index is -0.0849. The summed E-state index contributed by atoms with van der Waals surface area (Å²) in [6, 6.07) is 8.86. The summed E-state index contributed by atoms with van der Waals surface area (Å²) in [4.78, 5) is 0. The highest BCUT2D eigenvalue weighted by Crippen LogP contribution is 2.20. The SMILES string of the molecule is OC1CCC(NCc2ccc(OCC3CCCO3)cc2)CC1. The normalized spacial score (nSPS) is 28.7. The summed E-state index contributed by atoms with van der Waals surface area (Å²) >= 11 is 0. The van der Waals surface area contributed by atoms with Gasteiger partial charge in [0.05, 0.1) is 12.2 Å². The van der Waals surface area contributed by atoms with Crippen LogP contribution in [0.5, 0.6) is 5.75 Å². The Labute approximate surface area is 132 Å². The molecule has 2 N–H and O–H groups in total. The third kappa shape index (κ3) is 4.70. The van der Waals surface area contributed by atoms with Gasteiger partial charge in [-0.05, 0) is 56.2 Å². The molecule has 0 bridgehead atoms. The van der Waals surface area contributed by atoms with Crippen molar-refractivity contribution in [2.45, 2.75) is 63.3 Å². The number of benzene rings is 1. The zero-order chi connectivity index (χ0) is 15.2. The van der Waals surface area contributed by atoms with E-state index in [4.69, 9.17) is 9.47 Å². The number of nitrogens with one attached hydrogen (secondary N) is 1. The molecule has 1 atom stereocenters. The Morgan fingerprint density at radius 3 is 2.55 bits per heavy atom. The first kappa shape index (κ1) is 15.8. The lowest BCUT2D eigenvalue weighted by Gasteiger charge is -2.26. The van der Waals surface area contributed by atoms with Gasteiger partial charge in [-0.15, -0.1) is 0 Å². The van der Waals surface area contributed by atoms with E-state index in [1.165, 1.54) is 5.56 Å².